The first-order chi connectivity index (χ1) is 8.54. The number of carbonyl (C=O) groups excluding carboxylic acids is 1. The van der Waals surface area contributed by atoms with Crippen LogP contribution in [0.5, 0.6) is 0 Å². The Bertz CT molecular complexity index is 446. The number of benzene rings is 1. The third kappa shape index (κ3) is 3.70. The van der Waals surface area contributed by atoms with Crippen LogP contribution in [0.15, 0.2) is 18.2 Å². The summed E-state index contributed by atoms with van der Waals surface area (Å²) in [4.78, 5) is 13.4. The Morgan fingerprint density at radius 2 is 2.28 bits per heavy atom. The molecule has 0 atom stereocenters. The Hall–Kier alpha value is -1.62. The fourth-order valence-electron chi connectivity index (χ4n) is 1.78. The number of anilines is 1. The zero-order chi connectivity index (χ0) is 13.1. The second-order valence-electron chi connectivity index (χ2n) is 4.86. The van der Waals surface area contributed by atoms with Gasteiger partial charge in [0.05, 0.1) is 6.54 Å². The quantitative estimate of drug-likeness (QED) is 0.771. The Labute approximate surface area is 106 Å². The number of rotatable bonds is 5. The number of amides is 1. The average Bonchev–Trinajstić information content (AvgIpc) is 3.05. The van der Waals surface area contributed by atoms with Crippen LogP contribution < -0.4 is 11.1 Å². The smallest absolute Gasteiger partial charge is 0.234 e. The number of hydrogen-bond acceptors (Lipinski definition) is 3. The highest BCUT2D eigenvalue weighted by molar-refractivity contribution is 5.78. The van der Waals surface area contributed by atoms with Gasteiger partial charge >= 0.3 is 0 Å². The average molecular weight is 251 g/mol. The van der Waals surface area contributed by atoms with Crippen LogP contribution in [-0.2, 0) is 11.3 Å². The van der Waals surface area contributed by atoms with Crippen molar-refractivity contribution in [3.63, 3.8) is 0 Å². The van der Waals surface area contributed by atoms with Crippen LogP contribution in [0.4, 0.5) is 10.1 Å². The van der Waals surface area contributed by atoms with E-state index in [0.29, 0.717) is 23.8 Å². The molecule has 0 aromatic heterocycles. The third-order valence-electron chi connectivity index (χ3n) is 2.87. The van der Waals surface area contributed by atoms with Crippen molar-refractivity contribution in [3.8, 4) is 0 Å². The first-order valence-corrected chi connectivity index (χ1v) is 6.06. The van der Waals surface area contributed by atoms with Crippen molar-refractivity contribution in [1.29, 1.82) is 0 Å². The summed E-state index contributed by atoms with van der Waals surface area (Å²) >= 11 is 0. The molecule has 0 radical (unpaired) electrons. The maximum Gasteiger partial charge on any atom is 0.234 e. The predicted octanol–water partition coefficient (Wildman–Crippen LogP) is 1.12. The molecule has 98 valence electrons. The van der Waals surface area contributed by atoms with E-state index >= 15 is 0 Å². The molecule has 1 amide bonds. The number of nitrogens with two attached hydrogens (primary N) is 1. The standard InChI is InChI=1S/C13H18FN3O/c1-17(8-13(18)16-11-4-5-11)7-9-2-3-10(15)6-12(9)14/h2-3,6,11H,4-5,7-8,15H2,1H3,(H,16,18). The fourth-order valence-corrected chi connectivity index (χ4v) is 1.78. The van der Waals surface area contributed by atoms with Gasteiger partial charge in [0, 0.05) is 23.8 Å². The van der Waals surface area contributed by atoms with Gasteiger partial charge in [-0.25, -0.2) is 4.39 Å². The van der Waals surface area contributed by atoms with Crippen LogP contribution in [0.1, 0.15) is 18.4 Å². The molecular weight excluding hydrogens is 233 g/mol. The minimum atomic E-state index is -0.329. The second kappa shape index (κ2) is 5.35. The molecule has 5 heteroatoms. The zero-order valence-electron chi connectivity index (χ0n) is 10.4. The summed E-state index contributed by atoms with van der Waals surface area (Å²) in [5.41, 5.74) is 6.44. The van der Waals surface area contributed by atoms with Crippen molar-refractivity contribution < 1.29 is 9.18 Å². The van der Waals surface area contributed by atoms with E-state index in [2.05, 4.69) is 5.32 Å². The van der Waals surface area contributed by atoms with Gasteiger partial charge in [0.1, 0.15) is 5.82 Å². The molecule has 3 N–H and O–H groups in total. The lowest BCUT2D eigenvalue weighted by molar-refractivity contribution is -0.122. The fraction of sp³-hybridized carbons (Fsp3) is 0.462. The van der Waals surface area contributed by atoms with E-state index in [1.54, 1.807) is 24.1 Å². The van der Waals surface area contributed by atoms with Crippen molar-refractivity contribution in [1.82, 2.24) is 10.2 Å². The molecule has 1 saturated carbocycles. The first-order valence-electron chi connectivity index (χ1n) is 6.06. The number of nitrogens with one attached hydrogen (secondary N) is 1. The summed E-state index contributed by atoms with van der Waals surface area (Å²) in [7, 11) is 1.79. The summed E-state index contributed by atoms with van der Waals surface area (Å²) in [5, 5.41) is 2.90. The van der Waals surface area contributed by atoms with Crippen molar-refractivity contribution in [3.05, 3.63) is 29.6 Å². The molecule has 1 fully saturated rings. The van der Waals surface area contributed by atoms with Gasteiger partial charge in [0.25, 0.3) is 0 Å². The predicted molar refractivity (Wildman–Crippen MR) is 68.3 cm³/mol. The van der Waals surface area contributed by atoms with Crippen LogP contribution >= 0.6 is 0 Å². The van der Waals surface area contributed by atoms with Crippen LogP contribution in [0.2, 0.25) is 0 Å². The maximum absolute atomic E-state index is 13.6. The van der Waals surface area contributed by atoms with Gasteiger partial charge in [0.2, 0.25) is 5.91 Å². The van der Waals surface area contributed by atoms with E-state index in [4.69, 9.17) is 5.73 Å². The molecule has 0 unspecified atom stereocenters. The molecule has 0 heterocycles. The molecule has 1 aromatic rings. The van der Waals surface area contributed by atoms with Crippen molar-refractivity contribution >= 4 is 11.6 Å². The van der Waals surface area contributed by atoms with Crippen LogP contribution in [0, 0.1) is 5.82 Å². The number of likely N-dealkylation sites (N-methyl/N-ethyl adjacent to an activating group) is 1. The van der Waals surface area contributed by atoms with Gasteiger partial charge in [0.15, 0.2) is 0 Å². The Kier molecular flexibility index (Phi) is 3.81. The maximum atomic E-state index is 13.6. The second-order valence-corrected chi connectivity index (χ2v) is 4.86. The lowest BCUT2D eigenvalue weighted by Gasteiger charge is -2.16. The van der Waals surface area contributed by atoms with Crippen LogP contribution in [0.3, 0.4) is 0 Å². The molecule has 0 aliphatic heterocycles. The van der Waals surface area contributed by atoms with E-state index in [9.17, 15) is 9.18 Å². The van der Waals surface area contributed by atoms with Crippen molar-refractivity contribution in [2.75, 3.05) is 19.3 Å². The molecule has 0 bridgehead atoms. The zero-order valence-corrected chi connectivity index (χ0v) is 10.4. The highest BCUT2D eigenvalue weighted by atomic mass is 19.1. The highest BCUT2D eigenvalue weighted by Crippen LogP contribution is 2.18. The number of hydrogen-bond donors (Lipinski definition) is 2. The molecule has 0 saturated heterocycles. The molecule has 1 aromatic carbocycles. The molecule has 2 rings (SSSR count). The normalized spacial score (nSPS) is 14.8. The summed E-state index contributed by atoms with van der Waals surface area (Å²) in [6.07, 6.45) is 2.14. The van der Waals surface area contributed by atoms with Gasteiger partial charge in [-0.15, -0.1) is 0 Å². The number of nitrogen functional groups attached to an aromatic ring is 1. The Balaban J connectivity index is 1.85. The van der Waals surface area contributed by atoms with Gasteiger partial charge in [-0.05, 0) is 32.0 Å². The monoisotopic (exact) mass is 251 g/mol. The van der Waals surface area contributed by atoms with Gasteiger partial charge in [-0.2, -0.15) is 0 Å². The van der Waals surface area contributed by atoms with Crippen LogP contribution in [0.25, 0.3) is 0 Å². The molecule has 18 heavy (non-hydrogen) atoms. The van der Waals surface area contributed by atoms with Crippen molar-refractivity contribution in [2.24, 2.45) is 0 Å². The summed E-state index contributed by atoms with van der Waals surface area (Å²) in [6, 6.07) is 4.98. The lowest BCUT2D eigenvalue weighted by Crippen LogP contribution is -2.36. The minimum absolute atomic E-state index is 0.00384. The summed E-state index contributed by atoms with van der Waals surface area (Å²) in [5.74, 6) is -0.333. The van der Waals surface area contributed by atoms with E-state index in [-0.39, 0.29) is 18.3 Å². The van der Waals surface area contributed by atoms with Gasteiger partial charge in [-0.3, -0.25) is 9.69 Å². The summed E-state index contributed by atoms with van der Waals surface area (Å²) < 4.78 is 13.6. The van der Waals surface area contributed by atoms with E-state index < -0.39 is 0 Å². The molecule has 1 aliphatic carbocycles. The van der Waals surface area contributed by atoms with Gasteiger partial charge < -0.3 is 11.1 Å². The Morgan fingerprint density at radius 3 is 2.89 bits per heavy atom. The third-order valence-corrected chi connectivity index (χ3v) is 2.87. The SMILES string of the molecule is CN(CC(=O)NC1CC1)Cc1ccc(N)cc1F. The topological polar surface area (TPSA) is 58.4 Å². The van der Waals surface area contributed by atoms with Gasteiger partial charge in [-0.1, -0.05) is 6.07 Å². The molecular formula is C13H18FN3O. The Morgan fingerprint density at radius 1 is 1.56 bits per heavy atom. The largest absolute Gasteiger partial charge is 0.399 e. The number of halogens is 1. The van der Waals surface area contributed by atoms with Crippen molar-refractivity contribution in [2.45, 2.75) is 25.4 Å². The molecule has 4 nitrogen and oxygen atoms in total. The minimum Gasteiger partial charge on any atom is -0.399 e. The number of nitrogens with zero attached hydrogens (tertiary/aromatic N) is 1. The summed E-state index contributed by atoms with van der Waals surface area (Å²) in [6.45, 7) is 0.671. The highest BCUT2D eigenvalue weighted by Gasteiger charge is 2.23. The van der Waals surface area contributed by atoms with Crippen LogP contribution in [-0.4, -0.2) is 30.4 Å². The first kappa shape index (κ1) is 12.8. The number of carbonyl (C=O) groups is 1. The lowest BCUT2D eigenvalue weighted by atomic mass is 10.2. The van der Waals surface area contributed by atoms with E-state index in [0.717, 1.165) is 12.8 Å². The van der Waals surface area contributed by atoms with E-state index in [1.807, 2.05) is 0 Å². The molecule has 1 aliphatic rings. The van der Waals surface area contributed by atoms with E-state index in [1.165, 1.54) is 6.07 Å². The molecule has 0 spiro atoms.